The van der Waals surface area contributed by atoms with Crippen molar-refractivity contribution in [1.82, 2.24) is 4.57 Å². The van der Waals surface area contributed by atoms with Crippen molar-refractivity contribution in [3.8, 4) is 0 Å². The van der Waals surface area contributed by atoms with Gasteiger partial charge < -0.3 is 4.57 Å². The lowest BCUT2D eigenvalue weighted by Gasteiger charge is -2.05. The summed E-state index contributed by atoms with van der Waals surface area (Å²) in [6.45, 7) is 1.02. The van der Waals surface area contributed by atoms with Crippen LogP contribution < -0.4 is 0 Å². The molecule has 0 N–H and O–H groups in total. The summed E-state index contributed by atoms with van der Waals surface area (Å²) in [5.74, 6) is 1.09. The topological polar surface area (TPSA) is 4.93 Å². The predicted molar refractivity (Wildman–Crippen MR) is 59.5 cm³/mol. The summed E-state index contributed by atoms with van der Waals surface area (Å²) in [5.41, 5.74) is 2.86. The normalized spacial score (nSPS) is 14.3. The minimum absolute atomic E-state index is 1.02. The summed E-state index contributed by atoms with van der Waals surface area (Å²) in [6, 6.07) is 13.0. The molecular weight excluding hydrogens is 190 g/mol. The van der Waals surface area contributed by atoms with Crippen LogP contribution in [0.4, 0.5) is 0 Å². The Labute approximate surface area is 87.8 Å². The Kier molecular flexibility index (Phi) is 1.88. The number of fused-ring (bicyclic) bond motifs is 2. The Morgan fingerprint density at radius 2 is 2.00 bits per heavy atom. The van der Waals surface area contributed by atoms with Crippen molar-refractivity contribution >= 4 is 11.8 Å². The van der Waals surface area contributed by atoms with Crippen LogP contribution in [0.2, 0.25) is 0 Å². The van der Waals surface area contributed by atoms with Crippen molar-refractivity contribution in [1.29, 1.82) is 0 Å². The molecule has 0 atom stereocenters. The quantitative estimate of drug-likeness (QED) is 0.634. The smallest absolute Gasteiger partial charge is 0.0484 e. The molecular formula is C12H11NS. The van der Waals surface area contributed by atoms with E-state index in [2.05, 4.69) is 47.2 Å². The van der Waals surface area contributed by atoms with Crippen LogP contribution in [0.5, 0.6) is 0 Å². The van der Waals surface area contributed by atoms with Crippen molar-refractivity contribution in [3.05, 3.63) is 53.9 Å². The lowest BCUT2D eigenvalue weighted by atomic mass is 10.2. The minimum Gasteiger partial charge on any atom is -0.346 e. The average Bonchev–Trinajstić information content (AvgIpc) is 2.58. The van der Waals surface area contributed by atoms with Crippen LogP contribution in [0, 0.1) is 0 Å². The summed E-state index contributed by atoms with van der Waals surface area (Å²) in [6.07, 6.45) is 2.16. The molecule has 70 valence electrons. The van der Waals surface area contributed by atoms with E-state index >= 15 is 0 Å². The van der Waals surface area contributed by atoms with Gasteiger partial charge in [-0.05, 0) is 23.8 Å². The molecule has 0 spiro atoms. The lowest BCUT2D eigenvalue weighted by Crippen LogP contribution is -1.99. The number of benzene rings is 1. The van der Waals surface area contributed by atoms with E-state index in [1.807, 2.05) is 11.8 Å². The Bertz CT molecular complexity index is 459. The fraction of sp³-hybridized carbons (Fsp3) is 0.167. The molecule has 1 aliphatic heterocycles. The standard InChI is InChI=1S/C12H11NS/c1-2-6-12-10(4-1)8-13-7-3-5-11(13)9-14-12/h1-7H,8-9H2. The Hall–Kier alpha value is -1.15. The number of aromatic nitrogens is 1. The average molecular weight is 201 g/mol. The van der Waals surface area contributed by atoms with Gasteiger partial charge in [0, 0.05) is 29.1 Å². The summed E-state index contributed by atoms with van der Waals surface area (Å²) in [7, 11) is 0. The maximum Gasteiger partial charge on any atom is 0.0484 e. The molecule has 0 unspecified atom stereocenters. The second kappa shape index (κ2) is 3.21. The first kappa shape index (κ1) is 8.18. The van der Waals surface area contributed by atoms with Gasteiger partial charge in [-0.3, -0.25) is 0 Å². The molecule has 3 rings (SSSR count). The SMILES string of the molecule is c1ccc2c(c1)Cn1cccc1CS2. The molecule has 2 aromatic rings. The number of rotatable bonds is 0. The summed E-state index contributed by atoms with van der Waals surface area (Å²) < 4.78 is 2.33. The fourth-order valence-corrected chi connectivity index (χ4v) is 2.90. The first-order chi connectivity index (χ1) is 6.93. The van der Waals surface area contributed by atoms with E-state index in [0.717, 1.165) is 12.3 Å². The zero-order valence-electron chi connectivity index (χ0n) is 7.81. The number of hydrogen-bond donors (Lipinski definition) is 0. The van der Waals surface area contributed by atoms with Gasteiger partial charge in [-0.15, -0.1) is 11.8 Å². The van der Waals surface area contributed by atoms with E-state index in [4.69, 9.17) is 0 Å². The van der Waals surface area contributed by atoms with Gasteiger partial charge in [0.15, 0.2) is 0 Å². The van der Waals surface area contributed by atoms with E-state index in [1.54, 1.807) is 0 Å². The Morgan fingerprint density at radius 1 is 1.07 bits per heavy atom. The van der Waals surface area contributed by atoms with E-state index < -0.39 is 0 Å². The third kappa shape index (κ3) is 1.26. The van der Waals surface area contributed by atoms with Crippen molar-refractivity contribution in [2.75, 3.05) is 0 Å². The third-order valence-electron chi connectivity index (χ3n) is 2.61. The van der Waals surface area contributed by atoms with Crippen LogP contribution in [0.1, 0.15) is 11.3 Å². The van der Waals surface area contributed by atoms with Crippen LogP contribution >= 0.6 is 11.8 Å². The lowest BCUT2D eigenvalue weighted by molar-refractivity contribution is 0.768. The van der Waals surface area contributed by atoms with E-state index in [0.29, 0.717) is 0 Å². The maximum atomic E-state index is 2.33. The van der Waals surface area contributed by atoms with Crippen molar-refractivity contribution in [3.63, 3.8) is 0 Å². The molecule has 0 saturated heterocycles. The fourth-order valence-electron chi connectivity index (χ4n) is 1.85. The molecule has 14 heavy (non-hydrogen) atoms. The van der Waals surface area contributed by atoms with Gasteiger partial charge >= 0.3 is 0 Å². The van der Waals surface area contributed by atoms with Crippen LogP contribution in [-0.4, -0.2) is 4.57 Å². The molecule has 0 aliphatic carbocycles. The van der Waals surface area contributed by atoms with E-state index in [1.165, 1.54) is 16.2 Å². The molecule has 2 heterocycles. The van der Waals surface area contributed by atoms with Gasteiger partial charge in [-0.1, -0.05) is 18.2 Å². The number of thioether (sulfide) groups is 1. The van der Waals surface area contributed by atoms with Gasteiger partial charge in [0.05, 0.1) is 0 Å². The Morgan fingerprint density at radius 3 is 3.00 bits per heavy atom. The molecule has 1 nitrogen and oxygen atoms in total. The highest BCUT2D eigenvalue weighted by Gasteiger charge is 2.11. The van der Waals surface area contributed by atoms with Crippen LogP contribution in [-0.2, 0) is 12.3 Å². The molecule has 1 aromatic carbocycles. The maximum absolute atomic E-state index is 2.33. The van der Waals surface area contributed by atoms with Gasteiger partial charge in [-0.25, -0.2) is 0 Å². The molecule has 0 bridgehead atoms. The predicted octanol–water partition coefficient (Wildman–Crippen LogP) is 3.14. The summed E-state index contributed by atoms with van der Waals surface area (Å²) in [5, 5.41) is 0. The van der Waals surface area contributed by atoms with Gasteiger partial charge in [0.2, 0.25) is 0 Å². The molecule has 0 radical (unpaired) electrons. The molecule has 2 heteroatoms. The number of nitrogens with zero attached hydrogens (tertiary/aromatic N) is 1. The van der Waals surface area contributed by atoms with Crippen molar-refractivity contribution in [2.45, 2.75) is 17.2 Å². The van der Waals surface area contributed by atoms with Gasteiger partial charge in [-0.2, -0.15) is 0 Å². The number of hydrogen-bond acceptors (Lipinski definition) is 1. The molecule has 1 aliphatic rings. The highest BCUT2D eigenvalue weighted by atomic mass is 32.2. The van der Waals surface area contributed by atoms with Crippen LogP contribution in [0.3, 0.4) is 0 Å². The Balaban J connectivity index is 2.10. The monoisotopic (exact) mass is 201 g/mol. The molecule has 0 fully saturated rings. The van der Waals surface area contributed by atoms with Gasteiger partial charge in [0.25, 0.3) is 0 Å². The molecule has 0 saturated carbocycles. The van der Waals surface area contributed by atoms with Gasteiger partial charge in [0.1, 0.15) is 0 Å². The van der Waals surface area contributed by atoms with E-state index in [9.17, 15) is 0 Å². The second-order valence-electron chi connectivity index (χ2n) is 3.52. The zero-order chi connectivity index (χ0) is 9.38. The zero-order valence-corrected chi connectivity index (χ0v) is 8.63. The highest BCUT2D eigenvalue weighted by Crippen LogP contribution is 2.30. The first-order valence-electron chi connectivity index (χ1n) is 4.78. The van der Waals surface area contributed by atoms with Crippen LogP contribution in [0.25, 0.3) is 0 Å². The van der Waals surface area contributed by atoms with Crippen molar-refractivity contribution in [2.24, 2.45) is 0 Å². The van der Waals surface area contributed by atoms with E-state index in [-0.39, 0.29) is 0 Å². The second-order valence-corrected chi connectivity index (χ2v) is 4.54. The summed E-state index contributed by atoms with van der Waals surface area (Å²) >= 11 is 1.94. The highest BCUT2D eigenvalue weighted by molar-refractivity contribution is 7.98. The van der Waals surface area contributed by atoms with Crippen LogP contribution in [0.15, 0.2) is 47.5 Å². The molecule has 1 aromatic heterocycles. The third-order valence-corrected chi connectivity index (χ3v) is 3.76. The first-order valence-corrected chi connectivity index (χ1v) is 5.77. The molecule has 0 amide bonds. The van der Waals surface area contributed by atoms with Crippen molar-refractivity contribution < 1.29 is 0 Å². The largest absolute Gasteiger partial charge is 0.346 e. The summed E-state index contributed by atoms with van der Waals surface area (Å²) in [4.78, 5) is 1.43. The minimum atomic E-state index is 1.02.